The molecule has 0 saturated carbocycles. The Balaban J connectivity index is 1.90. The molecule has 1 aromatic heterocycles. The summed E-state index contributed by atoms with van der Waals surface area (Å²) < 4.78 is 6.85. The number of rotatable bonds is 6. The third-order valence-electron chi connectivity index (χ3n) is 2.82. The molecule has 0 bridgehead atoms. The maximum atomic E-state index is 5.78. The molecular weight excluding hydrogens is 304 g/mol. The molecular formula is C15H19BrN2O. The molecule has 0 unspecified atom stereocenters. The van der Waals surface area contributed by atoms with Crippen molar-refractivity contribution >= 4 is 21.8 Å². The molecule has 1 N–H and O–H groups in total. The van der Waals surface area contributed by atoms with Crippen molar-refractivity contribution in [2.45, 2.75) is 6.42 Å². The molecule has 2 rings (SSSR count). The van der Waals surface area contributed by atoms with Crippen molar-refractivity contribution in [3.05, 3.63) is 40.9 Å². The Bertz CT molecular complexity index is 505. The largest absolute Gasteiger partial charge is 0.441 e. The van der Waals surface area contributed by atoms with Crippen LogP contribution in [-0.2, 0) is 0 Å². The Morgan fingerprint density at radius 1 is 1.11 bits per heavy atom. The molecule has 102 valence electrons. The van der Waals surface area contributed by atoms with E-state index in [0.717, 1.165) is 41.2 Å². The molecule has 0 aliphatic heterocycles. The van der Waals surface area contributed by atoms with Gasteiger partial charge < -0.3 is 14.6 Å². The van der Waals surface area contributed by atoms with Gasteiger partial charge in [0.15, 0.2) is 5.88 Å². The van der Waals surface area contributed by atoms with E-state index in [1.807, 2.05) is 36.4 Å². The minimum absolute atomic E-state index is 0.830. The van der Waals surface area contributed by atoms with Crippen LogP contribution in [0.1, 0.15) is 6.42 Å². The summed E-state index contributed by atoms with van der Waals surface area (Å²) in [5.41, 5.74) is 1.09. The van der Waals surface area contributed by atoms with Crippen LogP contribution in [-0.4, -0.2) is 32.1 Å². The highest BCUT2D eigenvalue weighted by Crippen LogP contribution is 2.25. The number of hydrogen-bond donors (Lipinski definition) is 1. The first-order valence-electron chi connectivity index (χ1n) is 6.39. The maximum Gasteiger partial charge on any atom is 0.193 e. The summed E-state index contributed by atoms with van der Waals surface area (Å²) in [5.74, 6) is 1.72. The average Bonchev–Trinajstić information content (AvgIpc) is 2.84. The summed E-state index contributed by atoms with van der Waals surface area (Å²) in [4.78, 5) is 2.18. The molecule has 3 nitrogen and oxygen atoms in total. The van der Waals surface area contributed by atoms with Crippen LogP contribution in [0.2, 0.25) is 0 Å². The Hall–Kier alpha value is -1.26. The highest BCUT2D eigenvalue weighted by molar-refractivity contribution is 9.10. The fraction of sp³-hybridized carbons (Fsp3) is 0.333. The predicted molar refractivity (Wildman–Crippen MR) is 83.5 cm³/mol. The first-order chi connectivity index (χ1) is 9.15. The molecule has 0 aliphatic carbocycles. The van der Waals surface area contributed by atoms with Gasteiger partial charge in [0, 0.05) is 22.6 Å². The summed E-state index contributed by atoms with van der Waals surface area (Å²) >= 11 is 3.43. The van der Waals surface area contributed by atoms with E-state index >= 15 is 0 Å². The van der Waals surface area contributed by atoms with Gasteiger partial charge in [-0.3, -0.25) is 0 Å². The van der Waals surface area contributed by atoms with E-state index in [4.69, 9.17) is 4.42 Å². The van der Waals surface area contributed by atoms with E-state index < -0.39 is 0 Å². The van der Waals surface area contributed by atoms with Crippen LogP contribution >= 0.6 is 15.9 Å². The summed E-state index contributed by atoms with van der Waals surface area (Å²) in [6.45, 7) is 2.00. The van der Waals surface area contributed by atoms with Crippen LogP contribution < -0.4 is 5.32 Å². The van der Waals surface area contributed by atoms with Gasteiger partial charge in [-0.15, -0.1) is 0 Å². The van der Waals surface area contributed by atoms with Crippen molar-refractivity contribution in [3.63, 3.8) is 0 Å². The number of nitrogens with one attached hydrogen (secondary N) is 1. The van der Waals surface area contributed by atoms with E-state index in [1.165, 1.54) is 0 Å². The van der Waals surface area contributed by atoms with Crippen LogP contribution in [0.4, 0.5) is 5.88 Å². The first kappa shape index (κ1) is 14.2. The smallest absolute Gasteiger partial charge is 0.193 e. The molecule has 0 atom stereocenters. The first-order valence-corrected chi connectivity index (χ1v) is 7.19. The highest BCUT2D eigenvalue weighted by Gasteiger charge is 2.04. The van der Waals surface area contributed by atoms with Crippen LogP contribution in [0.25, 0.3) is 11.3 Å². The molecule has 0 amide bonds. The zero-order valence-electron chi connectivity index (χ0n) is 11.3. The normalized spacial score (nSPS) is 10.9. The average molecular weight is 323 g/mol. The Morgan fingerprint density at radius 2 is 1.84 bits per heavy atom. The van der Waals surface area contributed by atoms with E-state index in [-0.39, 0.29) is 0 Å². The minimum Gasteiger partial charge on any atom is -0.441 e. The number of hydrogen-bond acceptors (Lipinski definition) is 3. The van der Waals surface area contributed by atoms with Crippen LogP contribution in [0.5, 0.6) is 0 Å². The number of anilines is 1. The van der Waals surface area contributed by atoms with Crippen LogP contribution in [0, 0.1) is 0 Å². The lowest BCUT2D eigenvalue weighted by atomic mass is 10.2. The van der Waals surface area contributed by atoms with E-state index in [2.05, 4.69) is 40.2 Å². The van der Waals surface area contributed by atoms with Crippen molar-refractivity contribution < 1.29 is 4.42 Å². The van der Waals surface area contributed by atoms with E-state index in [0.29, 0.717) is 0 Å². The van der Waals surface area contributed by atoms with Gasteiger partial charge in [-0.25, -0.2) is 0 Å². The van der Waals surface area contributed by atoms with Crippen LogP contribution in [0.3, 0.4) is 0 Å². The lowest BCUT2D eigenvalue weighted by molar-refractivity contribution is 0.404. The molecule has 4 heteroatoms. The summed E-state index contributed by atoms with van der Waals surface area (Å²) in [7, 11) is 4.16. The van der Waals surface area contributed by atoms with Gasteiger partial charge in [0.1, 0.15) is 5.76 Å². The van der Waals surface area contributed by atoms with E-state index in [9.17, 15) is 0 Å². The van der Waals surface area contributed by atoms with Gasteiger partial charge >= 0.3 is 0 Å². The second kappa shape index (κ2) is 6.78. The van der Waals surface area contributed by atoms with Crippen LogP contribution in [0.15, 0.2) is 45.3 Å². The van der Waals surface area contributed by atoms with Gasteiger partial charge in [-0.2, -0.15) is 0 Å². The molecule has 0 fully saturated rings. The molecule has 19 heavy (non-hydrogen) atoms. The topological polar surface area (TPSA) is 28.4 Å². The van der Waals surface area contributed by atoms with Gasteiger partial charge in [0.25, 0.3) is 0 Å². The quantitative estimate of drug-likeness (QED) is 0.812. The van der Waals surface area contributed by atoms with Gasteiger partial charge in [-0.1, -0.05) is 28.1 Å². The highest BCUT2D eigenvalue weighted by atomic mass is 79.9. The molecule has 0 radical (unpaired) electrons. The standard InChI is InChI=1S/C15H19BrN2O/c1-18(2)11-3-10-17-15-9-8-14(19-15)12-4-6-13(16)7-5-12/h4-9,17H,3,10-11H2,1-2H3. The lowest BCUT2D eigenvalue weighted by Crippen LogP contribution is -2.16. The maximum absolute atomic E-state index is 5.78. The molecule has 2 aromatic rings. The minimum atomic E-state index is 0.830. The van der Waals surface area contributed by atoms with Gasteiger partial charge in [-0.05, 0) is 45.3 Å². The lowest BCUT2D eigenvalue weighted by Gasteiger charge is -2.09. The monoisotopic (exact) mass is 322 g/mol. The molecule has 1 heterocycles. The van der Waals surface area contributed by atoms with E-state index in [1.54, 1.807) is 0 Å². The Kier molecular flexibility index (Phi) is 5.05. The zero-order chi connectivity index (χ0) is 13.7. The molecule has 0 saturated heterocycles. The number of benzene rings is 1. The molecule has 0 aliphatic rings. The fourth-order valence-electron chi connectivity index (χ4n) is 1.81. The third kappa shape index (κ3) is 4.40. The Morgan fingerprint density at radius 3 is 2.53 bits per heavy atom. The number of halogens is 1. The molecule has 1 aromatic carbocycles. The second-order valence-electron chi connectivity index (χ2n) is 4.75. The zero-order valence-corrected chi connectivity index (χ0v) is 12.9. The number of furan rings is 1. The van der Waals surface area contributed by atoms with Gasteiger partial charge in [0.05, 0.1) is 0 Å². The Labute approximate surface area is 122 Å². The van der Waals surface area contributed by atoms with Crippen molar-refractivity contribution in [2.24, 2.45) is 0 Å². The van der Waals surface area contributed by atoms with Crippen molar-refractivity contribution in [2.75, 3.05) is 32.5 Å². The van der Waals surface area contributed by atoms with Crippen molar-refractivity contribution in [1.29, 1.82) is 0 Å². The second-order valence-corrected chi connectivity index (χ2v) is 5.67. The van der Waals surface area contributed by atoms with Crippen molar-refractivity contribution in [3.8, 4) is 11.3 Å². The van der Waals surface area contributed by atoms with Gasteiger partial charge in [0.2, 0.25) is 0 Å². The summed E-state index contributed by atoms with van der Waals surface area (Å²) in [6.07, 6.45) is 1.10. The summed E-state index contributed by atoms with van der Waals surface area (Å²) in [5, 5.41) is 3.30. The predicted octanol–water partition coefficient (Wildman–Crippen LogP) is 4.07. The van der Waals surface area contributed by atoms with Crippen molar-refractivity contribution in [1.82, 2.24) is 4.90 Å². The summed E-state index contributed by atoms with van der Waals surface area (Å²) in [6, 6.07) is 12.1. The fourth-order valence-corrected chi connectivity index (χ4v) is 2.07. The molecule has 0 spiro atoms. The number of nitrogens with zero attached hydrogens (tertiary/aromatic N) is 1. The third-order valence-corrected chi connectivity index (χ3v) is 3.34. The SMILES string of the molecule is CN(C)CCCNc1ccc(-c2ccc(Br)cc2)o1.